The Hall–Kier alpha value is -2.02. The normalized spacial score (nSPS) is 16.9. The molecule has 1 aliphatic rings. The van der Waals surface area contributed by atoms with Gasteiger partial charge in [0.1, 0.15) is 11.6 Å². The summed E-state index contributed by atoms with van der Waals surface area (Å²) in [6.07, 6.45) is 0. The van der Waals surface area contributed by atoms with Crippen LogP contribution in [0.2, 0.25) is 0 Å². The molecule has 1 aliphatic heterocycles. The van der Waals surface area contributed by atoms with Crippen molar-refractivity contribution in [2.24, 2.45) is 5.73 Å². The van der Waals surface area contributed by atoms with E-state index in [4.69, 9.17) is 5.73 Å². The maximum Gasteiger partial charge on any atom is 0.324 e. The van der Waals surface area contributed by atoms with Crippen LogP contribution in [-0.4, -0.2) is 29.9 Å². The summed E-state index contributed by atoms with van der Waals surface area (Å²) in [4.78, 5) is 23.5. The van der Waals surface area contributed by atoms with E-state index >= 15 is 0 Å². The zero-order valence-electron chi connectivity index (χ0n) is 9.32. The van der Waals surface area contributed by atoms with Gasteiger partial charge in [-0.3, -0.25) is 9.69 Å². The number of nitrogens with two attached hydrogens (primary N) is 1. The molecule has 1 aromatic rings. The lowest BCUT2D eigenvalue weighted by Crippen LogP contribution is -2.37. The Balaban J connectivity index is 2.16. The Morgan fingerprint density at radius 3 is 2.72 bits per heavy atom. The fraction of sp³-hybridized carbons (Fsp3) is 0.273. The summed E-state index contributed by atoms with van der Waals surface area (Å²) in [5.41, 5.74) is 5.62. The van der Waals surface area contributed by atoms with Gasteiger partial charge in [-0.25, -0.2) is 13.6 Å². The van der Waals surface area contributed by atoms with Crippen molar-refractivity contribution in [3.63, 3.8) is 0 Å². The van der Waals surface area contributed by atoms with Crippen LogP contribution in [0.15, 0.2) is 18.2 Å². The smallest absolute Gasteiger partial charge is 0.324 e. The molecule has 1 aromatic carbocycles. The first-order chi connectivity index (χ1) is 8.49. The maximum atomic E-state index is 13.4. The monoisotopic (exact) mass is 255 g/mol. The molecule has 0 radical (unpaired) electrons. The standard InChI is InChI=1S/C11H11F2N3O2/c12-6-1-2-8(13)7(3-6)9(14)5-16-10(17)4-15-11(16)18/h1-3,9H,4-5,14H2,(H,15,18). The van der Waals surface area contributed by atoms with Crippen molar-refractivity contribution in [3.8, 4) is 0 Å². The Morgan fingerprint density at radius 2 is 2.11 bits per heavy atom. The third-order valence-electron chi connectivity index (χ3n) is 2.67. The molecule has 1 fully saturated rings. The number of carbonyl (C=O) groups excluding carboxylic acids is 2. The number of nitrogens with one attached hydrogen (secondary N) is 1. The van der Waals surface area contributed by atoms with Crippen LogP contribution in [0.4, 0.5) is 13.6 Å². The molecule has 0 aliphatic carbocycles. The molecule has 0 saturated carbocycles. The Bertz CT molecular complexity index is 491. The van der Waals surface area contributed by atoms with E-state index in [2.05, 4.69) is 5.32 Å². The van der Waals surface area contributed by atoms with Gasteiger partial charge in [0.2, 0.25) is 5.91 Å². The van der Waals surface area contributed by atoms with Crippen molar-refractivity contribution in [3.05, 3.63) is 35.4 Å². The van der Waals surface area contributed by atoms with Crippen LogP contribution in [0.5, 0.6) is 0 Å². The fourth-order valence-corrected chi connectivity index (χ4v) is 1.73. The van der Waals surface area contributed by atoms with Crippen molar-refractivity contribution in [1.82, 2.24) is 10.2 Å². The second-order valence-electron chi connectivity index (χ2n) is 3.94. The van der Waals surface area contributed by atoms with Crippen LogP contribution in [0, 0.1) is 11.6 Å². The lowest BCUT2D eigenvalue weighted by molar-refractivity contribution is -0.125. The van der Waals surface area contributed by atoms with Gasteiger partial charge >= 0.3 is 6.03 Å². The zero-order chi connectivity index (χ0) is 13.3. The number of halogens is 2. The molecule has 1 unspecified atom stereocenters. The number of urea groups is 1. The number of amides is 3. The molecule has 3 N–H and O–H groups in total. The van der Waals surface area contributed by atoms with Gasteiger partial charge in [-0.1, -0.05) is 0 Å². The van der Waals surface area contributed by atoms with Gasteiger partial charge in [0.15, 0.2) is 0 Å². The Labute approximate surface area is 102 Å². The summed E-state index contributed by atoms with van der Waals surface area (Å²) < 4.78 is 26.4. The number of imide groups is 1. The lowest BCUT2D eigenvalue weighted by Gasteiger charge is -2.18. The van der Waals surface area contributed by atoms with Crippen LogP contribution in [-0.2, 0) is 4.79 Å². The molecule has 96 valence electrons. The molecule has 1 atom stereocenters. The lowest BCUT2D eigenvalue weighted by atomic mass is 10.1. The van der Waals surface area contributed by atoms with E-state index in [0.29, 0.717) is 0 Å². The minimum absolute atomic E-state index is 0.0671. The third kappa shape index (κ3) is 2.30. The highest BCUT2D eigenvalue weighted by Crippen LogP contribution is 2.18. The molecule has 2 rings (SSSR count). The molecule has 1 heterocycles. The van der Waals surface area contributed by atoms with E-state index in [-0.39, 0.29) is 18.7 Å². The number of hydrogen-bond donors (Lipinski definition) is 2. The van der Waals surface area contributed by atoms with Crippen molar-refractivity contribution in [2.75, 3.05) is 13.1 Å². The summed E-state index contributed by atoms with van der Waals surface area (Å²) in [7, 11) is 0. The van der Waals surface area contributed by atoms with Gasteiger partial charge in [0.25, 0.3) is 0 Å². The minimum Gasteiger partial charge on any atom is -0.329 e. The predicted octanol–water partition coefficient (Wildman–Crippen LogP) is 0.516. The molecule has 0 spiro atoms. The third-order valence-corrected chi connectivity index (χ3v) is 2.67. The maximum absolute atomic E-state index is 13.4. The van der Waals surface area contributed by atoms with Crippen LogP contribution in [0.1, 0.15) is 11.6 Å². The number of nitrogens with zero attached hydrogens (tertiary/aromatic N) is 1. The number of carbonyl (C=O) groups is 2. The predicted molar refractivity (Wildman–Crippen MR) is 58.4 cm³/mol. The fourth-order valence-electron chi connectivity index (χ4n) is 1.73. The largest absolute Gasteiger partial charge is 0.329 e. The highest BCUT2D eigenvalue weighted by atomic mass is 19.1. The second kappa shape index (κ2) is 4.69. The van der Waals surface area contributed by atoms with E-state index in [0.717, 1.165) is 23.1 Å². The Kier molecular flexibility index (Phi) is 3.24. The van der Waals surface area contributed by atoms with E-state index in [9.17, 15) is 18.4 Å². The molecule has 5 nitrogen and oxygen atoms in total. The van der Waals surface area contributed by atoms with Gasteiger partial charge in [-0.15, -0.1) is 0 Å². The first-order valence-corrected chi connectivity index (χ1v) is 5.28. The van der Waals surface area contributed by atoms with E-state index in [1.165, 1.54) is 0 Å². The number of benzene rings is 1. The highest BCUT2D eigenvalue weighted by Gasteiger charge is 2.30. The molecule has 7 heteroatoms. The summed E-state index contributed by atoms with van der Waals surface area (Å²) in [6.45, 7) is -0.289. The van der Waals surface area contributed by atoms with E-state index in [1.54, 1.807) is 0 Å². The van der Waals surface area contributed by atoms with E-state index in [1.807, 2.05) is 0 Å². The molecule has 1 saturated heterocycles. The van der Waals surface area contributed by atoms with Crippen LogP contribution in [0.3, 0.4) is 0 Å². The quantitative estimate of drug-likeness (QED) is 0.773. The van der Waals surface area contributed by atoms with Crippen molar-refractivity contribution in [1.29, 1.82) is 0 Å². The Morgan fingerprint density at radius 1 is 1.39 bits per heavy atom. The minimum atomic E-state index is -0.964. The molecular formula is C11H11F2N3O2. The van der Waals surface area contributed by atoms with Gasteiger partial charge < -0.3 is 11.1 Å². The number of hydrogen-bond acceptors (Lipinski definition) is 3. The highest BCUT2D eigenvalue weighted by molar-refractivity contribution is 6.01. The molecular weight excluding hydrogens is 244 g/mol. The first-order valence-electron chi connectivity index (χ1n) is 5.28. The summed E-state index contributed by atoms with van der Waals surface area (Å²) in [6, 6.07) is 1.34. The zero-order valence-corrected chi connectivity index (χ0v) is 9.32. The average Bonchev–Trinajstić information content (AvgIpc) is 2.64. The van der Waals surface area contributed by atoms with Gasteiger partial charge in [0, 0.05) is 12.1 Å². The van der Waals surface area contributed by atoms with Gasteiger partial charge in [0.05, 0.1) is 12.6 Å². The van der Waals surface area contributed by atoms with E-state index < -0.39 is 29.6 Å². The SMILES string of the molecule is NC(CN1C(=O)CNC1=O)c1cc(F)ccc1F. The summed E-state index contributed by atoms with van der Waals surface area (Å²) in [5.74, 6) is -1.73. The summed E-state index contributed by atoms with van der Waals surface area (Å²) in [5, 5.41) is 2.32. The summed E-state index contributed by atoms with van der Waals surface area (Å²) >= 11 is 0. The van der Waals surface area contributed by atoms with Crippen LogP contribution >= 0.6 is 0 Å². The van der Waals surface area contributed by atoms with Crippen molar-refractivity contribution >= 4 is 11.9 Å². The molecule has 18 heavy (non-hydrogen) atoms. The first kappa shape index (κ1) is 12.4. The van der Waals surface area contributed by atoms with Gasteiger partial charge in [-0.2, -0.15) is 0 Å². The second-order valence-corrected chi connectivity index (χ2v) is 3.94. The molecule has 0 aromatic heterocycles. The van der Waals surface area contributed by atoms with Crippen molar-refractivity contribution < 1.29 is 18.4 Å². The topological polar surface area (TPSA) is 75.4 Å². The van der Waals surface area contributed by atoms with Crippen molar-refractivity contribution in [2.45, 2.75) is 6.04 Å². The average molecular weight is 255 g/mol. The molecule has 3 amide bonds. The van der Waals surface area contributed by atoms with Gasteiger partial charge in [-0.05, 0) is 18.2 Å². The molecule has 0 bridgehead atoms. The van der Waals surface area contributed by atoms with Crippen LogP contribution in [0.25, 0.3) is 0 Å². The number of rotatable bonds is 3. The van der Waals surface area contributed by atoms with Crippen LogP contribution < -0.4 is 11.1 Å².